The fourth-order valence-corrected chi connectivity index (χ4v) is 4.06. The maximum absolute atomic E-state index is 12.8. The Balaban J connectivity index is 2.34. The molecule has 1 heterocycles. The van der Waals surface area contributed by atoms with Crippen molar-refractivity contribution in [2.45, 2.75) is 33.2 Å². The molecule has 0 unspecified atom stereocenters. The van der Waals surface area contributed by atoms with Gasteiger partial charge in [0.25, 0.3) is 5.91 Å². The number of carboxylic acids is 1. The first kappa shape index (κ1) is 21.2. The molecular formula is C19H22NO5S2-. The van der Waals surface area contributed by atoms with Crippen molar-refractivity contribution in [2.75, 3.05) is 13.7 Å². The summed E-state index contributed by atoms with van der Waals surface area (Å²) in [6, 6.07) is 4.23. The summed E-state index contributed by atoms with van der Waals surface area (Å²) in [6.07, 6.45) is 2.26. The summed E-state index contributed by atoms with van der Waals surface area (Å²) in [7, 11) is 1.54. The van der Waals surface area contributed by atoms with Crippen LogP contribution in [0.1, 0.15) is 32.8 Å². The first-order valence-corrected chi connectivity index (χ1v) is 9.85. The third-order valence-electron chi connectivity index (χ3n) is 4.31. The van der Waals surface area contributed by atoms with Crippen LogP contribution in [-0.4, -0.2) is 40.9 Å². The summed E-state index contributed by atoms with van der Waals surface area (Å²) in [4.78, 5) is 25.9. The van der Waals surface area contributed by atoms with E-state index in [-0.39, 0.29) is 10.2 Å². The molecule has 0 bridgehead atoms. The highest BCUT2D eigenvalue weighted by Crippen LogP contribution is 2.37. The van der Waals surface area contributed by atoms with E-state index in [9.17, 15) is 14.7 Å². The number of benzene rings is 1. The summed E-state index contributed by atoms with van der Waals surface area (Å²) in [6.45, 7) is 6.01. The largest absolute Gasteiger partial charge is 0.548 e. The van der Waals surface area contributed by atoms with Crippen molar-refractivity contribution >= 4 is 46.3 Å². The van der Waals surface area contributed by atoms with E-state index in [2.05, 4.69) is 0 Å². The Labute approximate surface area is 168 Å². The second kappa shape index (κ2) is 9.23. The van der Waals surface area contributed by atoms with E-state index < -0.39 is 17.9 Å². The first-order valence-electron chi connectivity index (χ1n) is 8.62. The van der Waals surface area contributed by atoms with Crippen molar-refractivity contribution in [3.8, 4) is 11.5 Å². The minimum atomic E-state index is -1.30. The molecule has 27 heavy (non-hydrogen) atoms. The highest BCUT2D eigenvalue weighted by molar-refractivity contribution is 8.26. The van der Waals surface area contributed by atoms with Crippen LogP contribution in [0.5, 0.6) is 11.5 Å². The zero-order valence-corrected chi connectivity index (χ0v) is 17.3. The Bertz CT molecular complexity index is 777. The van der Waals surface area contributed by atoms with E-state index in [0.29, 0.717) is 29.4 Å². The summed E-state index contributed by atoms with van der Waals surface area (Å²) in [5.74, 6) is -0.841. The second-order valence-electron chi connectivity index (χ2n) is 6.04. The standard InChI is InChI=1S/C19H23NO5S2/c1-5-11(3)16(18(22)23)20-17(21)15(27-19(20)26)10-12-7-8-13(25-6-2)14(9-12)24-4/h7-11,16H,5-6H2,1-4H3,(H,22,23)/p-1/b15-10-/t11-,16+/m0/s1. The highest BCUT2D eigenvalue weighted by atomic mass is 32.2. The Morgan fingerprint density at radius 2 is 2.07 bits per heavy atom. The fraction of sp³-hybridized carbons (Fsp3) is 0.421. The number of hydrogen-bond donors (Lipinski definition) is 0. The molecule has 0 saturated carbocycles. The van der Waals surface area contributed by atoms with Gasteiger partial charge >= 0.3 is 0 Å². The smallest absolute Gasteiger partial charge is 0.266 e. The van der Waals surface area contributed by atoms with Gasteiger partial charge in [-0.25, -0.2) is 0 Å². The van der Waals surface area contributed by atoms with Gasteiger partial charge in [0, 0.05) is 0 Å². The van der Waals surface area contributed by atoms with Gasteiger partial charge in [-0.3, -0.25) is 9.69 Å². The zero-order valence-electron chi connectivity index (χ0n) is 15.7. The molecular weight excluding hydrogens is 386 g/mol. The van der Waals surface area contributed by atoms with Crippen LogP contribution >= 0.6 is 24.0 Å². The molecule has 0 N–H and O–H groups in total. The lowest BCUT2D eigenvalue weighted by Crippen LogP contribution is -2.53. The number of rotatable bonds is 8. The van der Waals surface area contributed by atoms with Crippen LogP contribution in [-0.2, 0) is 9.59 Å². The molecule has 2 rings (SSSR count). The predicted molar refractivity (Wildman–Crippen MR) is 107 cm³/mol. The highest BCUT2D eigenvalue weighted by Gasteiger charge is 2.39. The van der Waals surface area contributed by atoms with Crippen LogP contribution in [0.15, 0.2) is 23.1 Å². The van der Waals surface area contributed by atoms with E-state index in [1.165, 1.54) is 7.11 Å². The van der Waals surface area contributed by atoms with Gasteiger partial charge in [-0.15, -0.1) is 0 Å². The van der Waals surface area contributed by atoms with Crippen molar-refractivity contribution in [3.63, 3.8) is 0 Å². The van der Waals surface area contributed by atoms with Gasteiger partial charge in [0.2, 0.25) is 0 Å². The number of aliphatic carboxylic acids is 1. The number of hydrogen-bond acceptors (Lipinski definition) is 7. The molecule has 2 atom stereocenters. The number of nitrogens with zero attached hydrogens (tertiary/aromatic N) is 1. The van der Waals surface area contributed by atoms with Crippen molar-refractivity contribution in [2.24, 2.45) is 5.92 Å². The molecule has 0 radical (unpaired) electrons. The predicted octanol–water partition coefficient (Wildman–Crippen LogP) is 2.46. The van der Waals surface area contributed by atoms with E-state index in [1.54, 1.807) is 31.2 Å². The number of thioether (sulfide) groups is 1. The number of ether oxygens (including phenoxy) is 2. The molecule has 1 saturated heterocycles. The van der Waals surface area contributed by atoms with Crippen molar-refractivity contribution in [1.29, 1.82) is 0 Å². The molecule has 1 fully saturated rings. The normalized spacial score (nSPS) is 17.9. The molecule has 1 amide bonds. The van der Waals surface area contributed by atoms with Gasteiger partial charge < -0.3 is 19.4 Å². The number of carbonyl (C=O) groups excluding carboxylic acids is 2. The molecule has 1 aromatic rings. The molecule has 146 valence electrons. The second-order valence-corrected chi connectivity index (χ2v) is 7.72. The van der Waals surface area contributed by atoms with Crippen LogP contribution in [0.3, 0.4) is 0 Å². The summed E-state index contributed by atoms with van der Waals surface area (Å²) >= 11 is 6.35. The number of amides is 1. The third-order valence-corrected chi connectivity index (χ3v) is 5.64. The van der Waals surface area contributed by atoms with Crippen molar-refractivity contribution in [1.82, 2.24) is 4.90 Å². The lowest BCUT2D eigenvalue weighted by molar-refractivity contribution is -0.311. The van der Waals surface area contributed by atoms with E-state index >= 15 is 0 Å². The third kappa shape index (κ3) is 4.62. The maximum Gasteiger partial charge on any atom is 0.266 e. The SMILES string of the molecule is CCOc1ccc(/C=C2\SC(=S)N([C@@H](C(=O)[O-])[C@@H](C)CC)C2=O)cc1OC. The minimum absolute atomic E-state index is 0.221. The van der Waals surface area contributed by atoms with E-state index in [4.69, 9.17) is 21.7 Å². The monoisotopic (exact) mass is 408 g/mol. The summed E-state index contributed by atoms with van der Waals surface area (Å²) < 4.78 is 11.0. The van der Waals surface area contributed by atoms with Crippen LogP contribution in [0.2, 0.25) is 0 Å². The van der Waals surface area contributed by atoms with Crippen molar-refractivity contribution < 1.29 is 24.2 Å². The quantitative estimate of drug-likeness (QED) is 0.483. The van der Waals surface area contributed by atoms with Gasteiger partial charge in [-0.05, 0) is 36.6 Å². The van der Waals surface area contributed by atoms with Crippen LogP contribution in [0.4, 0.5) is 0 Å². The van der Waals surface area contributed by atoms with Gasteiger partial charge in [-0.2, -0.15) is 0 Å². The minimum Gasteiger partial charge on any atom is -0.548 e. The van der Waals surface area contributed by atoms with Crippen LogP contribution < -0.4 is 14.6 Å². The van der Waals surface area contributed by atoms with E-state index in [1.807, 2.05) is 13.8 Å². The average molecular weight is 409 g/mol. The summed E-state index contributed by atoms with van der Waals surface area (Å²) in [5, 5.41) is 11.6. The van der Waals surface area contributed by atoms with Gasteiger partial charge in [0.05, 0.1) is 30.6 Å². The molecule has 0 spiro atoms. The Kier molecular flexibility index (Phi) is 7.26. The van der Waals surface area contributed by atoms with Gasteiger partial charge in [0.15, 0.2) is 11.5 Å². The number of methoxy groups -OCH3 is 1. The molecule has 0 aliphatic carbocycles. The molecule has 8 heteroatoms. The fourth-order valence-electron chi connectivity index (χ4n) is 2.74. The Morgan fingerprint density at radius 1 is 1.37 bits per heavy atom. The number of carbonyl (C=O) groups is 2. The Hall–Kier alpha value is -2.06. The molecule has 1 aliphatic heterocycles. The van der Waals surface area contributed by atoms with E-state index in [0.717, 1.165) is 22.2 Å². The van der Waals surface area contributed by atoms with Gasteiger partial charge in [-0.1, -0.05) is 50.3 Å². The maximum atomic E-state index is 12.8. The Morgan fingerprint density at radius 3 is 2.63 bits per heavy atom. The zero-order chi connectivity index (χ0) is 20.1. The van der Waals surface area contributed by atoms with Crippen LogP contribution in [0, 0.1) is 5.92 Å². The molecule has 1 aromatic carbocycles. The lowest BCUT2D eigenvalue weighted by atomic mass is 9.98. The molecule has 1 aliphatic rings. The molecule has 0 aromatic heterocycles. The van der Waals surface area contributed by atoms with Crippen LogP contribution in [0.25, 0.3) is 6.08 Å². The lowest BCUT2D eigenvalue weighted by Gasteiger charge is -2.32. The average Bonchev–Trinajstić information content (AvgIpc) is 2.90. The topological polar surface area (TPSA) is 78.9 Å². The number of carboxylic acid groups (broad SMARTS) is 1. The first-order chi connectivity index (χ1) is 12.8. The van der Waals surface area contributed by atoms with Crippen molar-refractivity contribution in [3.05, 3.63) is 28.7 Å². The van der Waals surface area contributed by atoms with Gasteiger partial charge in [0.1, 0.15) is 4.32 Å². The summed E-state index contributed by atoms with van der Waals surface area (Å²) in [5.41, 5.74) is 0.726. The molecule has 6 nitrogen and oxygen atoms in total. The number of thiocarbonyl (C=S) groups is 1.